The van der Waals surface area contributed by atoms with Crippen molar-refractivity contribution >= 4 is 44.8 Å². The predicted octanol–water partition coefficient (Wildman–Crippen LogP) is 4.08. The minimum Gasteiger partial charge on any atom is -0.314 e. The molecular formula is C19H9BrFNO3. The molecule has 0 aliphatic rings. The summed E-state index contributed by atoms with van der Waals surface area (Å²) in [4.78, 5) is 35.6. The molecule has 0 atom stereocenters. The third-order valence-corrected chi connectivity index (χ3v) is 4.70. The molecule has 0 fully saturated rings. The lowest BCUT2D eigenvalue weighted by Crippen LogP contribution is -2.11. The molecule has 0 spiro atoms. The van der Waals surface area contributed by atoms with Crippen molar-refractivity contribution in [3.63, 3.8) is 0 Å². The standard InChI is InChI=1S/C19H9BrFNO3/c20-12-5-14-16(9-24)17(10-1-3-13(21)4-2-10)22-7-11(8-23)19(25)15(6-12)18(14)22/h1-9H. The van der Waals surface area contributed by atoms with Gasteiger partial charge in [-0.25, -0.2) is 4.39 Å². The van der Waals surface area contributed by atoms with Gasteiger partial charge < -0.3 is 4.40 Å². The molecule has 2 aromatic heterocycles. The Morgan fingerprint density at radius 2 is 1.68 bits per heavy atom. The monoisotopic (exact) mass is 397 g/mol. The summed E-state index contributed by atoms with van der Waals surface area (Å²) in [6, 6.07) is 9.08. The molecule has 2 aromatic carbocycles. The molecule has 0 aliphatic heterocycles. The number of hydrogen-bond donors (Lipinski definition) is 0. The maximum absolute atomic E-state index is 13.3. The first-order valence-corrected chi connectivity index (χ1v) is 8.14. The van der Waals surface area contributed by atoms with E-state index in [0.717, 1.165) is 0 Å². The molecule has 0 unspecified atom stereocenters. The van der Waals surface area contributed by atoms with Crippen molar-refractivity contribution in [3.8, 4) is 11.3 Å². The lowest BCUT2D eigenvalue weighted by molar-refractivity contribution is 0.111. The molecule has 6 heteroatoms. The maximum atomic E-state index is 13.3. The number of aldehydes is 2. The Morgan fingerprint density at radius 1 is 1.00 bits per heavy atom. The van der Waals surface area contributed by atoms with E-state index in [-0.39, 0.29) is 5.56 Å². The summed E-state index contributed by atoms with van der Waals surface area (Å²) < 4.78 is 15.6. The molecule has 4 aromatic rings. The number of carbonyl (C=O) groups excluding carboxylic acids is 2. The number of rotatable bonds is 3. The largest absolute Gasteiger partial charge is 0.314 e. The number of aromatic nitrogens is 1. The van der Waals surface area contributed by atoms with Gasteiger partial charge in [0.05, 0.1) is 16.8 Å². The van der Waals surface area contributed by atoms with Crippen LogP contribution in [0.2, 0.25) is 0 Å². The number of benzene rings is 2. The van der Waals surface area contributed by atoms with Gasteiger partial charge in [-0.05, 0) is 42.0 Å². The number of nitrogens with zero attached hydrogens (tertiary/aromatic N) is 1. The van der Waals surface area contributed by atoms with Crippen molar-refractivity contribution in [3.05, 3.63) is 74.2 Å². The second-order valence-corrected chi connectivity index (χ2v) is 6.55. The molecule has 0 N–H and O–H groups in total. The zero-order chi connectivity index (χ0) is 17.7. The van der Waals surface area contributed by atoms with Gasteiger partial charge in [0, 0.05) is 27.0 Å². The van der Waals surface area contributed by atoms with Crippen LogP contribution in [0, 0.1) is 5.82 Å². The molecule has 0 radical (unpaired) electrons. The zero-order valence-corrected chi connectivity index (χ0v) is 14.2. The second kappa shape index (κ2) is 5.60. The molecule has 0 amide bonds. The van der Waals surface area contributed by atoms with Crippen molar-refractivity contribution < 1.29 is 14.0 Å². The van der Waals surface area contributed by atoms with E-state index in [9.17, 15) is 18.8 Å². The van der Waals surface area contributed by atoms with Crippen LogP contribution in [0.15, 0.2) is 51.9 Å². The number of halogens is 2. The van der Waals surface area contributed by atoms with Gasteiger partial charge in [-0.15, -0.1) is 0 Å². The zero-order valence-electron chi connectivity index (χ0n) is 12.6. The lowest BCUT2D eigenvalue weighted by atomic mass is 10.1. The van der Waals surface area contributed by atoms with Crippen LogP contribution >= 0.6 is 15.9 Å². The highest BCUT2D eigenvalue weighted by atomic mass is 79.9. The summed E-state index contributed by atoms with van der Waals surface area (Å²) in [7, 11) is 0. The fourth-order valence-corrected chi connectivity index (χ4v) is 3.65. The maximum Gasteiger partial charge on any atom is 0.199 e. The molecule has 25 heavy (non-hydrogen) atoms. The van der Waals surface area contributed by atoms with Gasteiger partial charge in [-0.1, -0.05) is 15.9 Å². The van der Waals surface area contributed by atoms with Crippen LogP contribution in [0.3, 0.4) is 0 Å². The first-order valence-electron chi connectivity index (χ1n) is 7.35. The van der Waals surface area contributed by atoms with Crippen LogP contribution in [-0.4, -0.2) is 17.0 Å². The molecule has 4 nitrogen and oxygen atoms in total. The summed E-state index contributed by atoms with van der Waals surface area (Å²) in [5, 5.41) is 0.929. The van der Waals surface area contributed by atoms with Gasteiger partial charge in [0.1, 0.15) is 5.82 Å². The average Bonchev–Trinajstić information content (AvgIpc) is 2.92. The molecule has 0 bridgehead atoms. The van der Waals surface area contributed by atoms with Crippen LogP contribution in [0.1, 0.15) is 20.7 Å². The molecule has 0 saturated heterocycles. The Labute approximate surface area is 149 Å². The summed E-state index contributed by atoms with van der Waals surface area (Å²) in [5.74, 6) is -0.395. The summed E-state index contributed by atoms with van der Waals surface area (Å²) >= 11 is 3.35. The molecule has 4 rings (SSSR count). The van der Waals surface area contributed by atoms with Crippen LogP contribution in [-0.2, 0) is 0 Å². The van der Waals surface area contributed by atoms with Crippen molar-refractivity contribution in [1.82, 2.24) is 4.40 Å². The highest BCUT2D eigenvalue weighted by Gasteiger charge is 2.21. The Bertz CT molecular complexity index is 1210. The smallest absolute Gasteiger partial charge is 0.199 e. The fourth-order valence-electron chi connectivity index (χ4n) is 3.19. The third kappa shape index (κ3) is 2.21. The first kappa shape index (κ1) is 15.7. The fraction of sp³-hybridized carbons (Fsp3) is 0. The quantitative estimate of drug-likeness (QED) is 0.489. The van der Waals surface area contributed by atoms with E-state index in [1.54, 1.807) is 28.7 Å². The van der Waals surface area contributed by atoms with Gasteiger partial charge in [0.25, 0.3) is 0 Å². The van der Waals surface area contributed by atoms with E-state index in [0.29, 0.717) is 50.2 Å². The van der Waals surface area contributed by atoms with Crippen molar-refractivity contribution in [2.75, 3.05) is 0 Å². The van der Waals surface area contributed by atoms with Crippen LogP contribution in [0.4, 0.5) is 4.39 Å². The Kier molecular flexibility index (Phi) is 3.51. The molecular weight excluding hydrogens is 389 g/mol. The second-order valence-electron chi connectivity index (χ2n) is 5.64. The summed E-state index contributed by atoms with van der Waals surface area (Å²) in [5.41, 5.74) is 1.65. The van der Waals surface area contributed by atoms with Crippen molar-refractivity contribution in [2.24, 2.45) is 0 Å². The van der Waals surface area contributed by atoms with Gasteiger partial charge in [0.15, 0.2) is 18.0 Å². The highest BCUT2D eigenvalue weighted by Crippen LogP contribution is 2.36. The number of hydrogen-bond acceptors (Lipinski definition) is 3. The number of pyridine rings is 1. The van der Waals surface area contributed by atoms with Crippen LogP contribution in [0.5, 0.6) is 0 Å². The van der Waals surface area contributed by atoms with Gasteiger partial charge in [0.2, 0.25) is 0 Å². The van der Waals surface area contributed by atoms with Gasteiger partial charge in [-0.2, -0.15) is 0 Å². The summed E-state index contributed by atoms with van der Waals surface area (Å²) in [6.45, 7) is 0. The molecule has 0 saturated carbocycles. The molecule has 2 heterocycles. The molecule has 0 aliphatic carbocycles. The first-order chi connectivity index (χ1) is 12.0. The highest BCUT2D eigenvalue weighted by molar-refractivity contribution is 9.10. The Hall–Kier alpha value is -2.86. The Balaban J connectivity index is 2.29. The number of carbonyl (C=O) groups is 2. The lowest BCUT2D eigenvalue weighted by Gasteiger charge is -2.06. The van der Waals surface area contributed by atoms with E-state index in [1.807, 2.05) is 0 Å². The third-order valence-electron chi connectivity index (χ3n) is 4.24. The van der Waals surface area contributed by atoms with Gasteiger partial charge in [-0.3, -0.25) is 14.4 Å². The summed E-state index contributed by atoms with van der Waals surface area (Å²) in [6.07, 6.45) is 2.62. The molecule has 122 valence electrons. The van der Waals surface area contributed by atoms with Gasteiger partial charge >= 0.3 is 0 Å². The van der Waals surface area contributed by atoms with E-state index in [1.165, 1.54) is 18.3 Å². The van der Waals surface area contributed by atoms with E-state index in [4.69, 9.17) is 0 Å². The van der Waals surface area contributed by atoms with Crippen molar-refractivity contribution in [2.45, 2.75) is 0 Å². The van der Waals surface area contributed by atoms with Crippen LogP contribution in [0.25, 0.3) is 27.5 Å². The van der Waals surface area contributed by atoms with E-state index in [2.05, 4.69) is 15.9 Å². The normalized spacial score (nSPS) is 11.3. The predicted molar refractivity (Wildman–Crippen MR) is 96.2 cm³/mol. The Morgan fingerprint density at radius 3 is 2.32 bits per heavy atom. The van der Waals surface area contributed by atoms with E-state index < -0.39 is 11.2 Å². The minimum atomic E-state index is -0.395. The van der Waals surface area contributed by atoms with Crippen LogP contribution < -0.4 is 5.43 Å². The van der Waals surface area contributed by atoms with E-state index >= 15 is 0 Å². The SMILES string of the molecule is O=Cc1cn2c(-c3ccc(F)cc3)c(C=O)c3cc(Br)cc(c1=O)c32. The average molecular weight is 398 g/mol. The minimum absolute atomic E-state index is 0.0108. The van der Waals surface area contributed by atoms with Crippen molar-refractivity contribution in [1.29, 1.82) is 0 Å². The topological polar surface area (TPSA) is 55.6 Å².